The van der Waals surface area contributed by atoms with E-state index in [4.69, 9.17) is 5.26 Å². The fourth-order valence-electron chi connectivity index (χ4n) is 1.61. The third-order valence-corrected chi connectivity index (χ3v) is 5.23. The van der Waals surface area contributed by atoms with Gasteiger partial charge in [-0.1, -0.05) is 0 Å². The van der Waals surface area contributed by atoms with Crippen LogP contribution in [0.5, 0.6) is 0 Å². The minimum absolute atomic E-state index is 0.198. The summed E-state index contributed by atoms with van der Waals surface area (Å²) in [4.78, 5) is 0.198. The highest BCUT2D eigenvalue weighted by atomic mass is 32.2. The summed E-state index contributed by atoms with van der Waals surface area (Å²) in [6.45, 7) is 0.339. The number of benzene rings is 1. The van der Waals surface area contributed by atoms with Crippen molar-refractivity contribution < 1.29 is 8.42 Å². The molecular weight excluding hydrogens is 280 g/mol. The first-order chi connectivity index (χ1) is 9.04. The summed E-state index contributed by atoms with van der Waals surface area (Å²) in [7, 11) is -1.96. The molecule has 0 aliphatic carbocycles. The van der Waals surface area contributed by atoms with Crippen molar-refractivity contribution in [3.8, 4) is 6.07 Å². The Bertz CT molecular complexity index is 683. The zero-order valence-electron chi connectivity index (χ0n) is 10.3. The van der Waals surface area contributed by atoms with E-state index in [0.717, 1.165) is 5.56 Å². The number of nitriles is 1. The Hall–Kier alpha value is -1.68. The van der Waals surface area contributed by atoms with Gasteiger partial charge in [0.25, 0.3) is 0 Å². The summed E-state index contributed by atoms with van der Waals surface area (Å²) in [6.07, 6.45) is 0. The lowest BCUT2D eigenvalue weighted by atomic mass is 10.2. The maximum atomic E-state index is 12.3. The van der Waals surface area contributed by atoms with Crippen LogP contribution in [-0.2, 0) is 16.6 Å². The molecule has 0 saturated carbocycles. The molecule has 1 heterocycles. The SMILES string of the molecule is CN(Cc1ccsc1)S(=O)(=O)c1ccc(C#N)cc1. The van der Waals surface area contributed by atoms with E-state index in [1.807, 2.05) is 22.9 Å². The average Bonchev–Trinajstić information content (AvgIpc) is 2.91. The van der Waals surface area contributed by atoms with Crippen LogP contribution < -0.4 is 0 Å². The van der Waals surface area contributed by atoms with Crippen molar-refractivity contribution in [2.24, 2.45) is 0 Å². The number of nitrogens with zero attached hydrogens (tertiary/aromatic N) is 2. The molecule has 0 radical (unpaired) electrons. The van der Waals surface area contributed by atoms with Gasteiger partial charge < -0.3 is 0 Å². The van der Waals surface area contributed by atoms with Crippen molar-refractivity contribution in [2.75, 3.05) is 7.05 Å². The van der Waals surface area contributed by atoms with Crippen LogP contribution >= 0.6 is 11.3 Å². The van der Waals surface area contributed by atoms with Gasteiger partial charge in [-0.15, -0.1) is 0 Å². The maximum absolute atomic E-state index is 12.3. The largest absolute Gasteiger partial charge is 0.243 e. The second-order valence-electron chi connectivity index (χ2n) is 4.03. The minimum atomic E-state index is -3.51. The normalized spacial score (nSPS) is 11.4. The van der Waals surface area contributed by atoms with Crippen LogP contribution in [-0.4, -0.2) is 19.8 Å². The van der Waals surface area contributed by atoms with E-state index in [2.05, 4.69) is 0 Å². The Labute approximate surface area is 116 Å². The molecule has 98 valence electrons. The molecule has 19 heavy (non-hydrogen) atoms. The first-order valence-corrected chi connectivity index (χ1v) is 7.90. The fraction of sp³-hybridized carbons (Fsp3) is 0.154. The molecule has 2 rings (SSSR count). The molecule has 0 fully saturated rings. The molecule has 0 unspecified atom stereocenters. The van der Waals surface area contributed by atoms with Crippen LogP contribution in [0.15, 0.2) is 46.0 Å². The summed E-state index contributed by atoms with van der Waals surface area (Å²) >= 11 is 1.54. The molecule has 2 aromatic rings. The topological polar surface area (TPSA) is 61.2 Å². The van der Waals surface area contributed by atoms with Crippen molar-refractivity contribution >= 4 is 21.4 Å². The van der Waals surface area contributed by atoms with Gasteiger partial charge in [0.15, 0.2) is 0 Å². The van der Waals surface area contributed by atoms with Gasteiger partial charge in [0.2, 0.25) is 10.0 Å². The second-order valence-corrected chi connectivity index (χ2v) is 6.85. The van der Waals surface area contributed by atoms with Crippen LogP contribution in [0, 0.1) is 11.3 Å². The number of hydrogen-bond acceptors (Lipinski definition) is 4. The van der Waals surface area contributed by atoms with E-state index in [0.29, 0.717) is 12.1 Å². The molecular formula is C13H12N2O2S2. The highest BCUT2D eigenvalue weighted by Crippen LogP contribution is 2.18. The summed E-state index contributed by atoms with van der Waals surface area (Å²) in [5, 5.41) is 12.5. The minimum Gasteiger partial charge on any atom is -0.207 e. The van der Waals surface area contributed by atoms with Gasteiger partial charge in [-0.3, -0.25) is 0 Å². The van der Waals surface area contributed by atoms with E-state index < -0.39 is 10.0 Å². The molecule has 0 saturated heterocycles. The Morgan fingerprint density at radius 1 is 1.26 bits per heavy atom. The number of sulfonamides is 1. The summed E-state index contributed by atoms with van der Waals surface area (Å²) < 4.78 is 25.9. The Morgan fingerprint density at radius 3 is 2.47 bits per heavy atom. The van der Waals surface area contributed by atoms with Crippen LogP contribution in [0.4, 0.5) is 0 Å². The van der Waals surface area contributed by atoms with E-state index in [1.165, 1.54) is 39.9 Å². The molecule has 0 amide bonds. The quantitative estimate of drug-likeness (QED) is 0.869. The lowest BCUT2D eigenvalue weighted by Crippen LogP contribution is -2.26. The first kappa shape index (κ1) is 13.7. The molecule has 0 bridgehead atoms. The van der Waals surface area contributed by atoms with Crippen LogP contribution in [0.25, 0.3) is 0 Å². The van der Waals surface area contributed by atoms with E-state index in [1.54, 1.807) is 7.05 Å². The van der Waals surface area contributed by atoms with Gasteiger partial charge in [-0.2, -0.15) is 20.9 Å². The number of thiophene rings is 1. The molecule has 0 atom stereocenters. The van der Waals surface area contributed by atoms with Gasteiger partial charge in [0.1, 0.15) is 0 Å². The standard InChI is InChI=1S/C13H12N2O2S2/c1-15(9-12-6-7-18-10-12)19(16,17)13-4-2-11(8-14)3-5-13/h2-7,10H,9H2,1H3. The van der Waals surface area contributed by atoms with Crippen molar-refractivity contribution in [3.05, 3.63) is 52.2 Å². The molecule has 0 spiro atoms. The van der Waals surface area contributed by atoms with Gasteiger partial charge in [0.05, 0.1) is 16.5 Å². The van der Waals surface area contributed by atoms with Crippen LogP contribution in [0.3, 0.4) is 0 Å². The van der Waals surface area contributed by atoms with Gasteiger partial charge in [-0.25, -0.2) is 8.42 Å². The Morgan fingerprint density at radius 2 is 1.95 bits per heavy atom. The zero-order chi connectivity index (χ0) is 13.9. The van der Waals surface area contributed by atoms with Crippen molar-refractivity contribution in [1.29, 1.82) is 5.26 Å². The Kier molecular flexibility index (Phi) is 4.00. The van der Waals surface area contributed by atoms with E-state index in [-0.39, 0.29) is 4.90 Å². The summed E-state index contributed by atoms with van der Waals surface area (Å²) in [6, 6.07) is 9.79. The highest BCUT2D eigenvalue weighted by molar-refractivity contribution is 7.89. The van der Waals surface area contributed by atoms with Crippen LogP contribution in [0.2, 0.25) is 0 Å². The van der Waals surface area contributed by atoms with Gasteiger partial charge in [0, 0.05) is 13.6 Å². The molecule has 4 nitrogen and oxygen atoms in total. The summed E-state index contributed by atoms with van der Waals surface area (Å²) in [5.41, 5.74) is 1.41. The monoisotopic (exact) mass is 292 g/mol. The molecule has 0 aliphatic rings. The van der Waals surface area contributed by atoms with E-state index in [9.17, 15) is 8.42 Å². The third kappa shape index (κ3) is 3.01. The summed E-state index contributed by atoms with van der Waals surface area (Å²) in [5.74, 6) is 0. The molecule has 6 heteroatoms. The molecule has 1 aromatic heterocycles. The Balaban J connectivity index is 2.23. The lowest BCUT2D eigenvalue weighted by Gasteiger charge is -2.16. The number of rotatable bonds is 4. The van der Waals surface area contributed by atoms with Crippen LogP contribution in [0.1, 0.15) is 11.1 Å². The second kappa shape index (κ2) is 5.53. The molecule has 1 aromatic carbocycles. The van der Waals surface area contributed by atoms with E-state index >= 15 is 0 Å². The first-order valence-electron chi connectivity index (χ1n) is 5.51. The fourth-order valence-corrected chi connectivity index (χ4v) is 3.42. The third-order valence-electron chi connectivity index (χ3n) is 2.68. The van der Waals surface area contributed by atoms with Crippen molar-refractivity contribution in [2.45, 2.75) is 11.4 Å². The molecule has 0 aliphatic heterocycles. The van der Waals surface area contributed by atoms with Crippen molar-refractivity contribution in [1.82, 2.24) is 4.31 Å². The molecule has 0 N–H and O–H groups in total. The van der Waals surface area contributed by atoms with Gasteiger partial charge >= 0.3 is 0 Å². The predicted molar refractivity (Wildman–Crippen MR) is 74.1 cm³/mol. The number of hydrogen-bond donors (Lipinski definition) is 0. The highest BCUT2D eigenvalue weighted by Gasteiger charge is 2.20. The van der Waals surface area contributed by atoms with Gasteiger partial charge in [-0.05, 0) is 46.7 Å². The maximum Gasteiger partial charge on any atom is 0.243 e. The predicted octanol–water partition coefficient (Wildman–Crippen LogP) is 2.44. The lowest BCUT2D eigenvalue weighted by molar-refractivity contribution is 0.467. The average molecular weight is 292 g/mol. The zero-order valence-corrected chi connectivity index (χ0v) is 11.9. The van der Waals surface area contributed by atoms with Crippen molar-refractivity contribution in [3.63, 3.8) is 0 Å². The smallest absolute Gasteiger partial charge is 0.207 e.